The second-order valence-corrected chi connectivity index (χ2v) is 8.37. The number of benzene rings is 1. The van der Waals surface area contributed by atoms with Gasteiger partial charge in [-0.2, -0.15) is 0 Å². The predicted molar refractivity (Wildman–Crippen MR) is 123 cm³/mol. The van der Waals surface area contributed by atoms with E-state index in [0.29, 0.717) is 12.8 Å². The summed E-state index contributed by atoms with van der Waals surface area (Å²) in [6, 6.07) is 5.84. The quantitative estimate of drug-likeness (QED) is 0.160. The van der Waals surface area contributed by atoms with Crippen LogP contribution in [-0.2, 0) is 9.53 Å². The Bertz CT molecular complexity index is 652. The highest BCUT2D eigenvalue weighted by Crippen LogP contribution is 2.22. The van der Waals surface area contributed by atoms with Crippen LogP contribution >= 0.6 is 0 Å². The minimum atomic E-state index is -1.21. The second kappa shape index (κ2) is 16.5. The van der Waals surface area contributed by atoms with E-state index in [1.807, 2.05) is 0 Å². The maximum Gasteiger partial charge on any atom is 0.346 e. The molecule has 5 nitrogen and oxygen atoms in total. The Labute approximate surface area is 187 Å². The van der Waals surface area contributed by atoms with Gasteiger partial charge < -0.3 is 9.84 Å². The molecule has 1 aromatic rings. The van der Waals surface area contributed by atoms with Gasteiger partial charge in [0.25, 0.3) is 0 Å². The number of hydrogen-bond acceptors (Lipinski definition) is 4. The van der Waals surface area contributed by atoms with Crippen molar-refractivity contribution in [1.29, 1.82) is 0 Å². The lowest BCUT2D eigenvalue weighted by Gasteiger charge is -2.16. The molecule has 0 amide bonds. The topological polar surface area (TPSA) is 80.7 Å². The summed E-state index contributed by atoms with van der Waals surface area (Å²) in [6.45, 7) is 4.37. The Balaban J connectivity index is 2.63. The molecule has 0 fully saturated rings. The highest BCUT2D eigenvalue weighted by molar-refractivity contribution is 6.05. The van der Waals surface area contributed by atoms with Crippen LogP contribution < -0.4 is 0 Å². The van der Waals surface area contributed by atoms with Crippen LogP contribution in [0.1, 0.15) is 124 Å². The molecule has 0 unspecified atom stereocenters. The van der Waals surface area contributed by atoms with E-state index < -0.39 is 17.9 Å². The number of rotatable bonds is 17. The molecule has 174 valence electrons. The zero-order chi connectivity index (χ0) is 22.9. The first-order valence-corrected chi connectivity index (χ1v) is 12.1. The lowest BCUT2D eigenvalue weighted by atomic mass is 9.94. The van der Waals surface area contributed by atoms with Crippen LogP contribution in [0.5, 0.6) is 0 Å². The van der Waals surface area contributed by atoms with Crippen LogP contribution in [0.4, 0.5) is 0 Å². The molecule has 0 aromatic heterocycles. The number of ether oxygens (including phenoxy) is 1. The highest BCUT2D eigenvalue weighted by atomic mass is 16.6. The smallest absolute Gasteiger partial charge is 0.346 e. The third-order valence-electron chi connectivity index (χ3n) is 5.72. The Morgan fingerprint density at radius 2 is 1.19 bits per heavy atom. The monoisotopic (exact) mass is 432 g/mol. The van der Waals surface area contributed by atoms with Crippen LogP contribution in [0, 0.1) is 5.92 Å². The molecule has 1 rings (SSSR count). The molecule has 0 aliphatic rings. The SMILES string of the molecule is CCCCCCCCC(CCCCCCCC)C(=O)OC(=O)c1ccccc1C(=O)O. The van der Waals surface area contributed by atoms with E-state index in [1.54, 1.807) is 12.1 Å². The third-order valence-corrected chi connectivity index (χ3v) is 5.72. The molecule has 31 heavy (non-hydrogen) atoms. The number of esters is 2. The standard InChI is InChI=1S/C26H40O5/c1-3-5-7-9-11-13-17-21(18-14-12-10-8-6-4-2)25(29)31-26(30)23-20-16-15-19-22(23)24(27)28/h15-16,19-21H,3-14,17-18H2,1-2H3,(H,27,28). The first-order valence-electron chi connectivity index (χ1n) is 12.1. The van der Waals surface area contributed by atoms with Gasteiger partial charge in [-0.1, -0.05) is 103 Å². The summed E-state index contributed by atoms with van der Waals surface area (Å²) in [7, 11) is 0. The molecule has 1 aromatic carbocycles. The highest BCUT2D eigenvalue weighted by Gasteiger charge is 2.25. The number of unbranched alkanes of at least 4 members (excludes halogenated alkanes) is 10. The molecule has 0 aliphatic carbocycles. The van der Waals surface area contributed by atoms with Crippen molar-refractivity contribution in [3.8, 4) is 0 Å². The van der Waals surface area contributed by atoms with Crippen molar-refractivity contribution in [2.24, 2.45) is 5.92 Å². The van der Waals surface area contributed by atoms with Crippen LogP contribution in [-0.4, -0.2) is 23.0 Å². The Morgan fingerprint density at radius 1 is 0.742 bits per heavy atom. The molecule has 0 radical (unpaired) electrons. The largest absolute Gasteiger partial charge is 0.478 e. The average molecular weight is 433 g/mol. The fourth-order valence-electron chi connectivity index (χ4n) is 3.80. The van der Waals surface area contributed by atoms with E-state index in [4.69, 9.17) is 4.74 Å². The zero-order valence-corrected chi connectivity index (χ0v) is 19.4. The maximum absolute atomic E-state index is 12.8. The Morgan fingerprint density at radius 3 is 1.68 bits per heavy atom. The molecule has 0 saturated carbocycles. The lowest BCUT2D eigenvalue weighted by molar-refractivity contribution is -0.143. The average Bonchev–Trinajstić information content (AvgIpc) is 2.76. The van der Waals surface area contributed by atoms with Crippen molar-refractivity contribution in [3.05, 3.63) is 35.4 Å². The molecule has 0 spiro atoms. The summed E-state index contributed by atoms with van der Waals surface area (Å²) in [4.78, 5) is 36.6. The summed E-state index contributed by atoms with van der Waals surface area (Å²) >= 11 is 0. The van der Waals surface area contributed by atoms with Gasteiger partial charge in [-0.15, -0.1) is 0 Å². The first-order chi connectivity index (χ1) is 15.0. The molecule has 0 atom stereocenters. The summed E-state index contributed by atoms with van der Waals surface area (Å²) in [5, 5.41) is 9.27. The molecule has 5 heteroatoms. The number of aromatic carboxylic acids is 1. The number of carboxylic acids is 1. The third kappa shape index (κ3) is 11.1. The van der Waals surface area contributed by atoms with Gasteiger partial charge in [-0.3, -0.25) is 4.79 Å². The van der Waals surface area contributed by atoms with Crippen LogP contribution in [0.15, 0.2) is 24.3 Å². The summed E-state index contributed by atoms with van der Waals surface area (Å²) < 4.78 is 5.14. The van der Waals surface area contributed by atoms with Crippen molar-refractivity contribution in [2.45, 2.75) is 104 Å². The maximum atomic E-state index is 12.8. The van der Waals surface area contributed by atoms with Crippen molar-refractivity contribution in [3.63, 3.8) is 0 Å². The van der Waals surface area contributed by atoms with E-state index in [1.165, 1.54) is 50.7 Å². The normalized spacial score (nSPS) is 10.9. The van der Waals surface area contributed by atoms with Gasteiger partial charge in [-0.05, 0) is 25.0 Å². The van der Waals surface area contributed by atoms with Crippen molar-refractivity contribution in [1.82, 2.24) is 0 Å². The van der Waals surface area contributed by atoms with Crippen LogP contribution in [0.25, 0.3) is 0 Å². The fourth-order valence-corrected chi connectivity index (χ4v) is 3.80. The van der Waals surface area contributed by atoms with Gasteiger partial charge >= 0.3 is 17.9 Å². The van der Waals surface area contributed by atoms with Gasteiger partial charge in [0.05, 0.1) is 17.0 Å². The fraction of sp³-hybridized carbons (Fsp3) is 0.654. The molecular formula is C26H40O5. The number of carboxylic acid groups (broad SMARTS) is 1. The van der Waals surface area contributed by atoms with Crippen LogP contribution in [0.2, 0.25) is 0 Å². The molecular weight excluding hydrogens is 392 g/mol. The summed E-state index contributed by atoms with van der Waals surface area (Å²) in [6.07, 6.45) is 15.1. The lowest BCUT2D eigenvalue weighted by Crippen LogP contribution is -2.23. The molecule has 0 saturated heterocycles. The Kier molecular flexibility index (Phi) is 14.3. The minimum Gasteiger partial charge on any atom is -0.478 e. The van der Waals surface area contributed by atoms with E-state index in [0.717, 1.165) is 38.5 Å². The van der Waals surface area contributed by atoms with Gasteiger partial charge in [0.2, 0.25) is 0 Å². The number of carbonyl (C=O) groups is 3. The molecule has 1 N–H and O–H groups in total. The van der Waals surface area contributed by atoms with Gasteiger partial charge in [0.15, 0.2) is 0 Å². The first kappa shape index (κ1) is 26.9. The predicted octanol–water partition coefficient (Wildman–Crippen LogP) is 7.19. The summed E-state index contributed by atoms with van der Waals surface area (Å²) in [5.41, 5.74) is -0.232. The summed E-state index contributed by atoms with van der Waals surface area (Å²) in [5.74, 6) is -2.92. The van der Waals surface area contributed by atoms with Crippen LogP contribution in [0.3, 0.4) is 0 Å². The minimum absolute atomic E-state index is 0.0822. The van der Waals surface area contributed by atoms with Crippen molar-refractivity contribution in [2.75, 3.05) is 0 Å². The van der Waals surface area contributed by atoms with E-state index in [-0.39, 0.29) is 17.0 Å². The van der Waals surface area contributed by atoms with E-state index in [2.05, 4.69) is 13.8 Å². The van der Waals surface area contributed by atoms with Crippen molar-refractivity contribution >= 4 is 17.9 Å². The van der Waals surface area contributed by atoms with Gasteiger partial charge in [-0.25, -0.2) is 9.59 Å². The van der Waals surface area contributed by atoms with E-state index >= 15 is 0 Å². The number of hydrogen-bond donors (Lipinski definition) is 1. The van der Waals surface area contributed by atoms with Gasteiger partial charge in [0, 0.05) is 0 Å². The zero-order valence-electron chi connectivity index (χ0n) is 19.4. The molecule has 0 aliphatic heterocycles. The Hall–Kier alpha value is -2.17. The van der Waals surface area contributed by atoms with Crippen molar-refractivity contribution < 1.29 is 24.2 Å². The molecule has 0 heterocycles. The number of carbonyl (C=O) groups excluding carboxylic acids is 2. The van der Waals surface area contributed by atoms with E-state index in [9.17, 15) is 19.5 Å². The molecule has 0 bridgehead atoms. The second-order valence-electron chi connectivity index (χ2n) is 8.37. The van der Waals surface area contributed by atoms with Gasteiger partial charge in [0.1, 0.15) is 0 Å².